The molecule has 1 aliphatic heterocycles. The van der Waals surface area contributed by atoms with Crippen molar-refractivity contribution >= 4 is 36.2 Å². The molecule has 1 saturated heterocycles. The highest BCUT2D eigenvalue weighted by molar-refractivity contribution is 5.94. The first-order chi connectivity index (χ1) is 16.0. The van der Waals surface area contributed by atoms with Crippen LogP contribution in [0.1, 0.15) is 41.3 Å². The van der Waals surface area contributed by atoms with Crippen LogP contribution in [0.4, 0.5) is 17.6 Å². The first kappa shape index (κ1) is 24.1. The maximum atomic E-state index is 12.6. The lowest BCUT2D eigenvalue weighted by Gasteiger charge is -2.27. The zero-order valence-electron chi connectivity index (χ0n) is 19.3. The number of benzene rings is 1. The number of carbonyl (C=O) groups is 2. The monoisotopic (exact) mass is 452 g/mol. The summed E-state index contributed by atoms with van der Waals surface area (Å²) in [4.78, 5) is 40.3. The van der Waals surface area contributed by atoms with Gasteiger partial charge in [-0.15, -0.1) is 0 Å². The molecule has 10 nitrogen and oxygen atoms in total. The number of unbranched alkanes of at least 4 members (excludes halogenated alkanes) is 1. The SMILES string of the molecule is CCCCNc1nc(N)nc(N=CN(C=O)Cc2ccc(C(=O)N3CCNCC3)cc2)c1C. The van der Waals surface area contributed by atoms with Crippen molar-refractivity contribution in [2.45, 2.75) is 33.2 Å². The normalized spacial score (nSPS) is 13.8. The summed E-state index contributed by atoms with van der Waals surface area (Å²) in [6.07, 6.45) is 4.21. The van der Waals surface area contributed by atoms with Crippen molar-refractivity contribution in [2.24, 2.45) is 4.99 Å². The molecule has 2 aromatic rings. The van der Waals surface area contributed by atoms with Gasteiger partial charge in [0.05, 0.1) is 12.9 Å². The summed E-state index contributed by atoms with van der Waals surface area (Å²) in [6.45, 7) is 8.11. The molecule has 1 aromatic carbocycles. The van der Waals surface area contributed by atoms with Gasteiger partial charge in [0.2, 0.25) is 12.4 Å². The van der Waals surface area contributed by atoms with Crippen LogP contribution < -0.4 is 16.4 Å². The Hall–Kier alpha value is -3.53. The van der Waals surface area contributed by atoms with E-state index < -0.39 is 0 Å². The third-order valence-electron chi connectivity index (χ3n) is 5.39. The van der Waals surface area contributed by atoms with Crippen LogP contribution in [0.3, 0.4) is 0 Å². The lowest BCUT2D eigenvalue weighted by Crippen LogP contribution is -2.46. The Labute approximate surface area is 194 Å². The second-order valence-electron chi connectivity index (χ2n) is 7.92. The molecule has 0 aliphatic carbocycles. The van der Waals surface area contributed by atoms with E-state index in [1.807, 2.05) is 24.0 Å². The number of amides is 2. The number of aliphatic imine (C=N–C) groups is 1. The van der Waals surface area contributed by atoms with E-state index in [0.717, 1.165) is 43.6 Å². The average Bonchev–Trinajstić information content (AvgIpc) is 2.84. The molecule has 2 heterocycles. The molecule has 2 amide bonds. The van der Waals surface area contributed by atoms with Gasteiger partial charge in [0, 0.05) is 43.9 Å². The van der Waals surface area contributed by atoms with Gasteiger partial charge >= 0.3 is 0 Å². The number of rotatable bonds is 10. The van der Waals surface area contributed by atoms with E-state index >= 15 is 0 Å². The molecule has 176 valence electrons. The Bertz CT molecular complexity index is 971. The highest BCUT2D eigenvalue weighted by Crippen LogP contribution is 2.23. The van der Waals surface area contributed by atoms with Crippen LogP contribution in [0, 0.1) is 6.92 Å². The maximum absolute atomic E-state index is 12.6. The summed E-state index contributed by atoms with van der Waals surface area (Å²) < 4.78 is 0. The Kier molecular flexibility index (Phi) is 8.71. The van der Waals surface area contributed by atoms with Crippen molar-refractivity contribution in [3.63, 3.8) is 0 Å². The lowest BCUT2D eigenvalue weighted by molar-refractivity contribution is -0.115. The zero-order chi connectivity index (χ0) is 23.6. The van der Waals surface area contributed by atoms with Crippen LogP contribution in [0.2, 0.25) is 0 Å². The minimum Gasteiger partial charge on any atom is -0.370 e. The van der Waals surface area contributed by atoms with Gasteiger partial charge in [-0.2, -0.15) is 9.97 Å². The van der Waals surface area contributed by atoms with E-state index in [1.54, 1.807) is 12.1 Å². The summed E-state index contributed by atoms with van der Waals surface area (Å²) >= 11 is 0. The van der Waals surface area contributed by atoms with E-state index in [1.165, 1.54) is 11.2 Å². The molecule has 0 bridgehead atoms. The quantitative estimate of drug-likeness (QED) is 0.217. The topological polar surface area (TPSA) is 129 Å². The summed E-state index contributed by atoms with van der Waals surface area (Å²) in [5.74, 6) is 1.20. The lowest BCUT2D eigenvalue weighted by atomic mass is 10.1. The van der Waals surface area contributed by atoms with Crippen molar-refractivity contribution < 1.29 is 9.59 Å². The van der Waals surface area contributed by atoms with Crippen LogP contribution in [0.15, 0.2) is 29.3 Å². The maximum Gasteiger partial charge on any atom is 0.253 e. The molecule has 33 heavy (non-hydrogen) atoms. The highest BCUT2D eigenvalue weighted by Gasteiger charge is 2.17. The second-order valence-corrected chi connectivity index (χ2v) is 7.92. The summed E-state index contributed by atoms with van der Waals surface area (Å²) in [6, 6.07) is 7.29. The van der Waals surface area contributed by atoms with Crippen molar-refractivity contribution in [3.8, 4) is 0 Å². The van der Waals surface area contributed by atoms with E-state index in [-0.39, 0.29) is 11.9 Å². The molecular weight excluding hydrogens is 420 g/mol. The Morgan fingerprint density at radius 3 is 2.67 bits per heavy atom. The van der Waals surface area contributed by atoms with Crippen LogP contribution in [0.25, 0.3) is 0 Å². The van der Waals surface area contributed by atoms with Crippen molar-refractivity contribution in [1.82, 2.24) is 25.1 Å². The predicted molar refractivity (Wildman–Crippen MR) is 130 cm³/mol. The van der Waals surface area contributed by atoms with Crippen LogP contribution in [0.5, 0.6) is 0 Å². The number of nitrogens with one attached hydrogen (secondary N) is 2. The number of piperazine rings is 1. The van der Waals surface area contributed by atoms with Gasteiger partial charge in [-0.1, -0.05) is 25.5 Å². The number of aromatic nitrogens is 2. The van der Waals surface area contributed by atoms with Gasteiger partial charge in [-0.05, 0) is 31.0 Å². The second kappa shape index (κ2) is 11.9. The largest absolute Gasteiger partial charge is 0.370 e. The number of hydrogen-bond acceptors (Lipinski definition) is 8. The molecule has 10 heteroatoms. The summed E-state index contributed by atoms with van der Waals surface area (Å²) in [5.41, 5.74) is 8.12. The van der Waals surface area contributed by atoms with E-state index in [0.29, 0.717) is 43.2 Å². The Morgan fingerprint density at radius 1 is 1.27 bits per heavy atom. The first-order valence-electron chi connectivity index (χ1n) is 11.2. The predicted octanol–water partition coefficient (Wildman–Crippen LogP) is 1.94. The molecule has 4 N–H and O–H groups in total. The van der Waals surface area contributed by atoms with Gasteiger partial charge in [0.15, 0.2) is 5.82 Å². The standard InChI is InChI=1S/C23H32N8O2/c1-3-4-9-26-20-17(2)21(29-23(24)28-20)27-15-30(16-32)14-18-5-7-19(8-6-18)22(33)31-12-10-25-11-13-31/h5-8,15-16,25H,3-4,9-14H2,1-2H3,(H3,24,26,28,29). The molecule has 3 rings (SSSR count). The number of carbonyl (C=O) groups excluding carboxylic acids is 2. The van der Waals surface area contributed by atoms with Gasteiger partial charge in [-0.3, -0.25) is 9.59 Å². The highest BCUT2D eigenvalue weighted by atomic mass is 16.2. The third kappa shape index (κ3) is 6.72. The van der Waals surface area contributed by atoms with Gasteiger partial charge in [0.25, 0.3) is 5.91 Å². The van der Waals surface area contributed by atoms with Gasteiger partial charge < -0.3 is 26.2 Å². The van der Waals surface area contributed by atoms with E-state index in [2.05, 4.69) is 32.5 Å². The van der Waals surface area contributed by atoms with Crippen molar-refractivity contribution in [3.05, 3.63) is 41.0 Å². The van der Waals surface area contributed by atoms with Crippen LogP contribution >= 0.6 is 0 Å². The average molecular weight is 453 g/mol. The molecule has 0 atom stereocenters. The van der Waals surface area contributed by atoms with Crippen molar-refractivity contribution in [2.75, 3.05) is 43.8 Å². The van der Waals surface area contributed by atoms with Crippen LogP contribution in [-0.2, 0) is 11.3 Å². The fourth-order valence-electron chi connectivity index (χ4n) is 3.45. The minimum atomic E-state index is 0.0250. The van der Waals surface area contributed by atoms with E-state index in [9.17, 15) is 9.59 Å². The summed E-state index contributed by atoms with van der Waals surface area (Å²) in [5, 5.41) is 6.49. The Balaban J connectivity index is 1.65. The van der Waals surface area contributed by atoms with Crippen LogP contribution in [-0.4, -0.2) is 71.1 Å². The molecule has 0 radical (unpaired) electrons. The zero-order valence-corrected chi connectivity index (χ0v) is 19.3. The molecule has 1 aromatic heterocycles. The van der Waals surface area contributed by atoms with Gasteiger partial charge in [0.1, 0.15) is 5.82 Å². The van der Waals surface area contributed by atoms with E-state index in [4.69, 9.17) is 5.73 Å². The van der Waals surface area contributed by atoms with Gasteiger partial charge in [-0.25, -0.2) is 4.99 Å². The molecule has 0 spiro atoms. The molecule has 0 saturated carbocycles. The molecule has 0 unspecified atom stereocenters. The third-order valence-corrected chi connectivity index (χ3v) is 5.39. The molecular formula is C23H32N8O2. The Morgan fingerprint density at radius 2 is 2.00 bits per heavy atom. The first-order valence-corrected chi connectivity index (χ1v) is 11.2. The molecule has 1 aliphatic rings. The number of nitrogen functional groups attached to an aromatic ring is 1. The number of nitrogens with zero attached hydrogens (tertiary/aromatic N) is 5. The number of hydrogen-bond donors (Lipinski definition) is 3. The smallest absolute Gasteiger partial charge is 0.253 e. The number of anilines is 2. The molecule has 1 fully saturated rings. The minimum absolute atomic E-state index is 0.0250. The summed E-state index contributed by atoms with van der Waals surface area (Å²) in [7, 11) is 0. The fourth-order valence-corrected chi connectivity index (χ4v) is 3.45. The fraction of sp³-hybridized carbons (Fsp3) is 0.435. The number of nitrogens with two attached hydrogens (primary N) is 1. The van der Waals surface area contributed by atoms with Crippen molar-refractivity contribution in [1.29, 1.82) is 0 Å².